The fraction of sp³-hybridized carbons (Fsp3) is 0.381. The van der Waals surface area contributed by atoms with Crippen LogP contribution in [0.1, 0.15) is 49.4 Å². The van der Waals surface area contributed by atoms with Crippen molar-refractivity contribution >= 4 is 11.8 Å². The van der Waals surface area contributed by atoms with Gasteiger partial charge >= 0.3 is 0 Å². The summed E-state index contributed by atoms with van der Waals surface area (Å²) in [5.74, 6) is 0.628. The summed E-state index contributed by atoms with van der Waals surface area (Å²) in [5, 5.41) is 2.91. The second-order valence-corrected chi connectivity index (χ2v) is 6.76. The Bertz CT molecular complexity index is 777. The van der Waals surface area contributed by atoms with E-state index in [9.17, 15) is 9.59 Å². The molecule has 1 aliphatic heterocycles. The summed E-state index contributed by atoms with van der Waals surface area (Å²) in [5.41, 5.74) is 2.00. The average Bonchev–Trinajstić information content (AvgIpc) is 3.18. The molecule has 0 spiro atoms. The van der Waals surface area contributed by atoms with Crippen LogP contribution in [-0.2, 0) is 9.59 Å². The molecule has 2 atom stereocenters. The zero-order valence-electron chi connectivity index (χ0n) is 15.7. The van der Waals surface area contributed by atoms with Crippen LogP contribution in [0, 0.1) is 0 Å². The van der Waals surface area contributed by atoms with Crippen molar-refractivity contribution < 1.29 is 14.3 Å². The standard InChI is InChI=1S/C21H25N3O3/c1-15(25)23-19(16-5-7-18(27-2)8-6-16)14-21(26)24-13-3-4-20(24)17-9-11-22-12-10-17/h5-12,19-20H,3-4,13-14H2,1-2H3,(H,23,25). The molecule has 0 aliphatic carbocycles. The van der Waals surface area contributed by atoms with Crippen LogP contribution in [-0.4, -0.2) is 35.4 Å². The second kappa shape index (κ2) is 8.66. The number of ether oxygens (including phenoxy) is 1. The highest BCUT2D eigenvalue weighted by molar-refractivity contribution is 5.80. The highest BCUT2D eigenvalue weighted by Crippen LogP contribution is 2.33. The number of methoxy groups -OCH3 is 1. The van der Waals surface area contributed by atoms with Crippen LogP contribution in [0.25, 0.3) is 0 Å². The number of pyridine rings is 1. The number of nitrogens with one attached hydrogen (secondary N) is 1. The van der Waals surface area contributed by atoms with Gasteiger partial charge in [-0.3, -0.25) is 14.6 Å². The molecule has 1 saturated heterocycles. The van der Waals surface area contributed by atoms with E-state index in [-0.39, 0.29) is 30.3 Å². The van der Waals surface area contributed by atoms with Gasteiger partial charge in [0, 0.05) is 25.9 Å². The molecule has 1 N–H and O–H groups in total. The molecule has 6 nitrogen and oxygen atoms in total. The molecule has 1 aromatic carbocycles. The summed E-state index contributed by atoms with van der Waals surface area (Å²) in [6.07, 6.45) is 5.67. The molecular weight excluding hydrogens is 342 g/mol. The van der Waals surface area contributed by atoms with E-state index in [1.165, 1.54) is 6.92 Å². The number of hydrogen-bond acceptors (Lipinski definition) is 4. The van der Waals surface area contributed by atoms with Crippen LogP contribution in [0.5, 0.6) is 5.75 Å². The molecule has 142 valence electrons. The normalized spacial score (nSPS) is 17.4. The minimum absolute atomic E-state index is 0.0453. The quantitative estimate of drug-likeness (QED) is 0.852. The molecule has 0 saturated carbocycles. The van der Waals surface area contributed by atoms with E-state index in [4.69, 9.17) is 4.74 Å². The molecule has 6 heteroatoms. The Morgan fingerprint density at radius 1 is 1.22 bits per heavy atom. The summed E-state index contributed by atoms with van der Waals surface area (Å²) >= 11 is 0. The maximum Gasteiger partial charge on any atom is 0.225 e. The van der Waals surface area contributed by atoms with Gasteiger partial charge in [-0.25, -0.2) is 0 Å². The monoisotopic (exact) mass is 367 g/mol. The van der Waals surface area contributed by atoms with Crippen molar-refractivity contribution in [3.8, 4) is 5.75 Å². The molecule has 3 rings (SSSR count). The van der Waals surface area contributed by atoms with Gasteiger partial charge in [0.1, 0.15) is 5.75 Å². The van der Waals surface area contributed by atoms with Crippen molar-refractivity contribution in [1.29, 1.82) is 0 Å². The van der Waals surface area contributed by atoms with Gasteiger partial charge in [0.25, 0.3) is 0 Å². The number of aromatic nitrogens is 1. The summed E-state index contributed by atoms with van der Waals surface area (Å²) in [6.45, 7) is 2.21. The van der Waals surface area contributed by atoms with Crippen molar-refractivity contribution in [3.05, 3.63) is 59.9 Å². The van der Waals surface area contributed by atoms with Crippen molar-refractivity contribution in [3.63, 3.8) is 0 Å². The molecule has 27 heavy (non-hydrogen) atoms. The predicted molar refractivity (Wildman–Crippen MR) is 102 cm³/mol. The minimum Gasteiger partial charge on any atom is -0.497 e. The third kappa shape index (κ3) is 4.64. The maximum absolute atomic E-state index is 13.1. The first-order valence-electron chi connectivity index (χ1n) is 9.19. The Morgan fingerprint density at radius 2 is 1.93 bits per heavy atom. The lowest BCUT2D eigenvalue weighted by Gasteiger charge is -2.27. The average molecular weight is 367 g/mol. The van der Waals surface area contributed by atoms with Gasteiger partial charge in [-0.1, -0.05) is 12.1 Å². The number of hydrogen-bond donors (Lipinski definition) is 1. The summed E-state index contributed by atoms with van der Waals surface area (Å²) in [7, 11) is 1.61. The fourth-order valence-corrected chi connectivity index (χ4v) is 3.62. The molecule has 2 amide bonds. The smallest absolute Gasteiger partial charge is 0.225 e. The topological polar surface area (TPSA) is 71.5 Å². The van der Waals surface area contributed by atoms with Crippen LogP contribution in [0.3, 0.4) is 0 Å². The second-order valence-electron chi connectivity index (χ2n) is 6.76. The van der Waals surface area contributed by atoms with Crippen molar-refractivity contribution in [2.75, 3.05) is 13.7 Å². The number of carbonyl (C=O) groups is 2. The highest BCUT2D eigenvalue weighted by atomic mass is 16.5. The summed E-state index contributed by atoms with van der Waals surface area (Å²) in [6, 6.07) is 11.1. The van der Waals surface area contributed by atoms with Gasteiger partial charge in [0.2, 0.25) is 11.8 Å². The van der Waals surface area contributed by atoms with Gasteiger partial charge in [-0.15, -0.1) is 0 Å². The van der Waals surface area contributed by atoms with E-state index >= 15 is 0 Å². The molecule has 2 unspecified atom stereocenters. The highest BCUT2D eigenvalue weighted by Gasteiger charge is 2.31. The molecule has 0 bridgehead atoms. The SMILES string of the molecule is COc1ccc(C(CC(=O)N2CCCC2c2ccncc2)NC(C)=O)cc1. The largest absolute Gasteiger partial charge is 0.497 e. The molecule has 2 heterocycles. The molecule has 1 aromatic heterocycles. The lowest BCUT2D eigenvalue weighted by molar-refractivity contribution is -0.133. The Morgan fingerprint density at radius 3 is 2.56 bits per heavy atom. The van der Waals surface area contributed by atoms with E-state index in [0.717, 1.165) is 36.3 Å². The van der Waals surface area contributed by atoms with Crippen molar-refractivity contribution in [1.82, 2.24) is 15.2 Å². The third-order valence-corrected chi connectivity index (χ3v) is 4.94. The summed E-state index contributed by atoms with van der Waals surface area (Å²) < 4.78 is 5.19. The van der Waals surface area contributed by atoms with Gasteiger partial charge < -0.3 is 15.0 Å². The zero-order valence-corrected chi connectivity index (χ0v) is 15.7. The minimum atomic E-state index is -0.361. The first-order valence-corrected chi connectivity index (χ1v) is 9.19. The van der Waals surface area contributed by atoms with Gasteiger partial charge in [0.15, 0.2) is 0 Å². The number of likely N-dealkylation sites (tertiary alicyclic amines) is 1. The third-order valence-electron chi connectivity index (χ3n) is 4.94. The Kier molecular flexibility index (Phi) is 6.06. The van der Waals surface area contributed by atoms with Crippen LogP contribution in [0.15, 0.2) is 48.8 Å². The molecule has 1 fully saturated rings. The molecular formula is C21H25N3O3. The fourth-order valence-electron chi connectivity index (χ4n) is 3.62. The number of carbonyl (C=O) groups excluding carboxylic acids is 2. The van der Waals surface area contributed by atoms with Gasteiger partial charge in [-0.2, -0.15) is 0 Å². The van der Waals surface area contributed by atoms with Crippen molar-refractivity contribution in [2.24, 2.45) is 0 Å². The predicted octanol–water partition coefficient (Wildman–Crippen LogP) is 3.02. The van der Waals surface area contributed by atoms with E-state index in [0.29, 0.717) is 0 Å². The Hall–Kier alpha value is -2.89. The van der Waals surface area contributed by atoms with Gasteiger partial charge in [-0.05, 0) is 48.2 Å². The first kappa shape index (κ1) is 18.9. The lowest BCUT2D eigenvalue weighted by Crippen LogP contribution is -2.35. The molecule has 0 radical (unpaired) electrons. The van der Waals surface area contributed by atoms with Crippen LogP contribution >= 0.6 is 0 Å². The van der Waals surface area contributed by atoms with Crippen LogP contribution in [0.4, 0.5) is 0 Å². The molecule has 2 aromatic rings. The number of amides is 2. The van der Waals surface area contributed by atoms with E-state index in [1.54, 1.807) is 19.5 Å². The molecule has 1 aliphatic rings. The number of nitrogens with zero attached hydrogens (tertiary/aromatic N) is 2. The van der Waals surface area contributed by atoms with E-state index in [1.807, 2.05) is 41.3 Å². The van der Waals surface area contributed by atoms with E-state index in [2.05, 4.69) is 10.3 Å². The maximum atomic E-state index is 13.1. The van der Waals surface area contributed by atoms with Gasteiger partial charge in [0.05, 0.1) is 25.6 Å². The lowest BCUT2D eigenvalue weighted by atomic mass is 10.0. The number of rotatable bonds is 6. The van der Waals surface area contributed by atoms with Crippen molar-refractivity contribution in [2.45, 2.75) is 38.3 Å². The van der Waals surface area contributed by atoms with Crippen LogP contribution < -0.4 is 10.1 Å². The number of benzene rings is 1. The Labute approximate surface area is 159 Å². The van der Waals surface area contributed by atoms with E-state index < -0.39 is 0 Å². The van der Waals surface area contributed by atoms with Crippen LogP contribution in [0.2, 0.25) is 0 Å². The first-order chi connectivity index (χ1) is 13.1. The summed E-state index contributed by atoms with van der Waals surface area (Å²) in [4.78, 5) is 30.7. The Balaban J connectivity index is 1.76. The zero-order chi connectivity index (χ0) is 19.2.